The number of carbonyl (C=O) groups excluding carboxylic acids is 2. The van der Waals surface area contributed by atoms with E-state index in [2.05, 4.69) is 26.1 Å². The van der Waals surface area contributed by atoms with Crippen molar-refractivity contribution in [3.63, 3.8) is 0 Å². The summed E-state index contributed by atoms with van der Waals surface area (Å²) in [6, 6.07) is 14.6. The predicted octanol–water partition coefficient (Wildman–Crippen LogP) is 5.12. The van der Waals surface area contributed by atoms with Gasteiger partial charge in [0.15, 0.2) is 0 Å². The van der Waals surface area contributed by atoms with Gasteiger partial charge in [-0.3, -0.25) is 9.69 Å². The van der Waals surface area contributed by atoms with E-state index in [-0.39, 0.29) is 11.9 Å². The molecule has 0 bridgehead atoms. The SMILES string of the molecule is O=C(Nc1ccc(C(=O)OC[C@H]2CCCN3CCCC[C@H]23)cc1)c1cccc(Br)c1. The fraction of sp³-hybridized carbons (Fsp3) is 0.417. The van der Waals surface area contributed by atoms with Gasteiger partial charge in [0.25, 0.3) is 5.91 Å². The van der Waals surface area contributed by atoms with Gasteiger partial charge in [-0.15, -0.1) is 0 Å². The van der Waals surface area contributed by atoms with E-state index in [0.29, 0.717) is 35.4 Å². The van der Waals surface area contributed by atoms with Crippen LogP contribution >= 0.6 is 15.9 Å². The van der Waals surface area contributed by atoms with E-state index in [9.17, 15) is 9.59 Å². The average Bonchev–Trinajstić information content (AvgIpc) is 2.78. The van der Waals surface area contributed by atoms with Crippen LogP contribution < -0.4 is 5.32 Å². The molecular formula is C24H27BrN2O3. The second kappa shape index (κ2) is 9.75. The lowest BCUT2D eigenvalue weighted by atomic mass is 9.84. The van der Waals surface area contributed by atoms with Crippen LogP contribution in [0.5, 0.6) is 0 Å². The minimum atomic E-state index is -0.298. The van der Waals surface area contributed by atoms with Gasteiger partial charge in [-0.1, -0.05) is 28.4 Å². The van der Waals surface area contributed by atoms with Crippen molar-refractivity contribution < 1.29 is 14.3 Å². The molecule has 2 saturated heterocycles. The van der Waals surface area contributed by atoms with Gasteiger partial charge in [0.2, 0.25) is 0 Å². The van der Waals surface area contributed by atoms with Crippen LogP contribution in [0, 0.1) is 5.92 Å². The molecule has 2 aliphatic heterocycles. The largest absolute Gasteiger partial charge is 0.462 e. The Morgan fingerprint density at radius 1 is 1.00 bits per heavy atom. The summed E-state index contributed by atoms with van der Waals surface area (Å²) in [6.45, 7) is 2.85. The van der Waals surface area contributed by atoms with Gasteiger partial charge in [0.05, 0.1) is 12.2 Å². The summed E-state index contributed by atoms with van der Waals surface area (Å²) in [5.41, 5.74) is 1.71. The number of amides is 1. The Balaban J connectivity index is 1.31. The van der Waals surface area contributed by atoms with Crippen molar-refractivity contribution in [1.82, 2.24) is 4.90 Å². The molecular weight excluding hydrogens is 444 g/mol. The van der Waals surface area contributed by atoms with Gasteiger partial charge >= 0.3 is 5.97 Å². The third kappa shape index (κ3) is 5.10. The molecule has 0 saturated carbocycles. The molecule has 2 heterocycles. The van der Waals surface area contributed by atoms with Gasteiger partial charge in [0, 0.05) is 27.7 Å². The molecule has 0 unspecified atom stereocenters. The van der Waals surface area contributed by atoms with Gasteiger partial charge < -0.3 is 10.1 Å². The zero-order valence-electron chi connectivity index (χ0n) is 17.0. The molecule has 5 nitrogen and oxygen atoms in total. The molecule has 2 fully saturated rings. The van der Waals surface area contributed by atoms with Crippen LogP contribution in [0.1, 0.15) is 52.8 Å². The van der Waals surface area contributed by atoms with E-state index in [1.165, 1.54) is 38.8 Å². The molecule has 0 spiro atoms. The maximum atomic E-state index is 12.5. The fourth-order valence-electron chi connectivity index (χ4n) is 4.56. The Morgan fingerprint density at radius 2 is 1.80 bits per heavy atom. The number of esters is 1. The minimum absolute atomic E-state index is 0.194. The molecule has 2 aromatic rings. The maximum Gasteiger partial charge on any atom is 0.338 e. The lowest BCUT2D eigenvalue weighted by Crippen LogP contribution is -2.49. The number of nitrogens with one attached hydrogen (secondary N) is 1. The summed E-state index contributed by atoms with van der Waals surface area (Å²) in [5.74, 6) is -0.0551. The van der Waals surface area contributed by atoms with Crippen LogP contribution in [0.4, 0.5) is 5.69 Å². The minimum Gasteiger partial charge on any atom is -0.462 e. The van der Waals surface area contributed by atoms with E-state index in [0.717, 1.165) is 10.9 Å². The van der Waals surface area contributed by atoms with E-state index in [1.54, 1.807) is 36.4 Å². The van der Waals surface area contributed by atoms with Crippen molar-refractivity contribution in [3.05, 3.63) is 64.1 Å². The first kappa shape index (κ1) is 21.1. The normalized spacial score (nSPS) is 21.5. The number of piperidine rings is 2. The highest BCUT2D eigenvalue weighted by Gasteiger charge is 2.33. The molecule has 6 heteroatoms. The van der Waals surface area contributed by atoms with Crippen LogP contribution in [-0.2, 0) is 4.74 Å². The molecule has 1 amide bonds. The summed E-state index contributed by atoms with van der Waals surface area (Å²) in [6.07, 6.45) is 6.10. The highest BCUT2D eigenvalue weighted by atomic mass is 79.9. The monoisotopic (exact) mass is 470 g/mol. The number of hydrogen-bond donors (Lipinski definition) is 1. The van der Waals surface area contributed by atoms with Crippen LogP contribution in [-0.4, -0.2) is 42.5 Å². The molecule has 2 aliphatic rings. The third-order valence-corrected chi connectivity index (χ3v) is 6.62. The molecule has 4 rings (SSSR count). The Kier molecular flexibility index (Phi) is 6.85. The first-order valence-corrected chi connectivity index (χ1v) is 11.5. The second-order valence-electron chi connectivity index (χ2n) is 8.14. The van der Waals surface area contributed by atoms with Crippen molar-refractivity contribution in [3.8, 4) is 0 Å². The average molecular weight is 471 g/mol. The number of hydrogen-bond acceptors (Lipinski definition) is 4. The van der Waals surface area contributed by atoms with Crippen molar-refractivity contribution in [2.75, 3.05) is 25.0 Å². The van der Waals surface area contributed by atoms with Crippen molar-refractivity contribution >= 4 is 33.5 Å². The first-order chi connectivity index (χ1) is 14.6. The Morgan fingerprint density at radius 3 is 2.60 bits per heavy atom. The van der Waals surface area contributed by atoms with E-state index < -0.39 is 0 Å². The molecule has 0 radical (unpaired) electrons. The molecule has 1 N–H and O–H groups in total. The Hall–Kier alpha value is -2.18. The second-order valence-corrected chi connectivity index (χ2v) is 9.06. The van der Waals surface area contributed by atoms with Gasteiger partial charge in [-0.2, -0.15) is 0 Å². The number of benzene rings is 2. The Bertz CT molecular complexity index is 898. The fourth-order valence-corrected chi connectivity index (χ4v) is 4.96. The number of rotatable bonds is 5. The van der Waals surface area contributed by atoms with E-state index in [4.69, 9.17) is 4.74 Å². The van der Waals surface area contributed by atoms with Gasteiger partial charge in [0.1, 0.15) is 0 Å². The van der Waals surface area contributed by atoms with Crippen LogP contribution in [0.3, 0.4) is 0 Å². The molecule has 2 atom stereocenters. The number of fused-ring (bicyclic) bond motifs is 1. The molecule has 0 aliphatic carbocycles. The van der Waals surface area contributed by atoms with Crippen LogP contribution in [0.25, 0.3) is 0 Å². The lowest BCUT2D eigenvalue weighted by Gasteiger charge is -2.44. The summed E-state index contributed by atoms with van der Waals surface area (Å²) in [7, 11) is 0. The summed E-state index contributed by atoms with van der Waals surface area (Å²) < 4.78 is 6.51. The number of anilines is 1. The maximum absolute atomic E-state index is 12.5. The first-order valence-electron chi connectivity index (χ1n) is 10.7. The van der Waals surface area contributed by atoms with E-state index in [1.807, 2.05) is 12.1 Å². The molecule has 0 aromatic heterocycles. The highest BCUT2D eigenvalue weighted by molar-refractivity contribution is 9.10. The van der Waals surface area contributed by atoms with E-state index >= 15 is 0 Å². The number of nitrogens with zero attached hydrogens (tertiary/aromatic N) is 1. The summed E-state index contributed by atoms with van der Waals surface area (Å²) in [5, 5.41) is 2.85. The van der Waals surface area contributed by atoms with Crippen molar-refractivity contribution in [1.29, 1.82) is 0 Å². The zero-order chi connectivity index (χ0) is 20.9. The topological polar surface area (TPSA) is 58.6 Å². The standard InChI is InChI=1S/C24H27BrN2O3/c25-20-7-3-5-18(15-20)23(28)26-21-11-9-17(10-12-21)24(29)30-16-19-6-4-14-27-13-2-1-8-22(19)27/h3,5,7,9-12,15,19,22H,1-2,4,6,8,13-14,16H2,(H,26,28)/t19-,22-/m1/s1. The van der Waals surface area contributed by atoms with Gasteiger partial charge in [-0.25, -0.2) is 4.79 Å². The van der Waals surface area contributed by atoms with Crippen molar-refractivity contribution in [2.45, 2.75) is 38.1 Å². The number of ether oxygens (including phenoxy) is 1. The summed E-state index contributed by atoms with van der Waals surface area (Å²) in [4.78, 5) is 27.4. The van der Waals surface area contributed by atoms with Gasteiger partial charge in [-0.05, 0) is 81.2 Å². The molecule has 30 heavy (non-hydrogen) atoms. The smallest absolute Gasteiger partial charge is 0.338 e. The molecule has 158 valence electrons. The zero-order valence-corrected chi connectivity index (χ0v) is 18.6. The summed E-state index contributed by atoms with van der Waals surface area (Å²) >= 11 is 3.37. The number of halogens is 1. The third-order valence-electron chi connectivity index (χ3n) is 6.12. The van der Waals surface area contributed by atoms with Crippen molar-refractivity contribution in [2.24, 2.45) is 5.92 Å². The highest BCUT2D eigenvalue weighted by Crippen LogP contribution is 2.31. The van der Waals surface area contributed by atoms with Crippen LogP contribution in [0.2, 0.25) is 0 Å². The number of carbonyl (C=O) groups is 2. The quantitative estimate of drug-likeness (QED) is 0.615. The molecule has 2 aromatic carbocycles. The van der Waals surface area contributed by atoms with Crippen LogP contribution in [0.15, 0.2) is 53.0 Å². The predicted molar refractivity (Wildman–Crippen MR) is 121 cm³/mol. The Labute approximate surface area is 185 Å². The lowest BCUT2D eigenvalue weighted by molar-refractivity contribution is 0.00739.